The number of hydrogen-bond acceptors (Lipinski definition) is 2. The van der Waals surface area contributed by atoms with Crippen molar-refractivity contribution in [2.45, 2.75) is 20.0 Å². The summed E-state index contributed by atoms with van der Waals surface area (Å²) < 4.78 is 4.26. The Morgan fingerprint density at radius 1 is 1.44 bits per heavy atom. The summed E-state index contributed by atoms with van der Waals surface area (Å²) in [6.45, 7) is 3.46. The van der Waals surface area contributed by atoms with Gasteiger partial charge in [0.2, 0.25) is 0 Å². The Balaban J connectivity index is 2.34. The fourth-order valence-electron chi connectivity index (χ4n) is 1.57. The predicted octanol–water partition coefficient (Wildman–Crippen LogP) is 1.88. The normalized spacial score (nSPS) is 10.6. The Bertz CT molecular complexity index is 544. The first kappa shape index (κ1) is 11.1. The second kappa shape index (κ2) is 4.65. The first-order valence-corrected chi connectivity index (χ1v) is 5.85. The third kappa shape index (κ3) is 2.09. The van der Waals surface area contributed by atoms with Crippen LogP contribution in [-0.2, 0) is 13.1 Å². The fourth-order valence-corrected chi connectivity index (χ4v) is 1.95. The quantitative estimate of drug-likeness (QED) is 0.862. The van der Waals surface area contributed by atoms with E-state index in [-0.39, 0.29) is 5.56 Å². The Morgan fingerprint density at radius 3 is 3.00 bits per heavy atom. The number of aryl methyl sites for hydroxylation is 1. The second-order valence-electron chi connectivity index (χ2n) is 3.46. The van der Waals surface area contributed by atoms with Crippen LogP contribution in [0.15, 0.2) is 40.1 Å². The average molecular weight is 282 g/mol. The van der Waals surface area contributed by atoms with Gasteiger partial charge < -0.3 is 9.13 Å². The van der Waals surface area contributed by atoms with E-state index >= 15 is 0 Å². The van der Waals surface area contributed by atoms with Gasteiger partial charge in [0.1, 0.15) is 0 Å². The average Bonchev–Trinajstić information content (AvgIpc) is 2.72. The van der Waals surface area contributed by atoms with Crippen LogP contribution in [-0.4, -0.2) is 14.1 Å². The first-order valence-electron chi connectivity index (χ1n) is 5.06. The highest BCUT2D eigenvalue weighted by atomic mass is 79.9. The molecular formula is C11H12BrN3O. The number of aromatic nitrogens is 3. The molecule has 0 saturated carbocycles. The van der Waals surface area contributed by atoms with Crippen LogP contribution in [0.5, 0.6) is 0 Å². The smallest absolute Gasteiger partial charge is 0.265 e. The maximum Gasteiger partial charge on any atom is 0.265 e. The topological polar surface area (TPSA) is 39.8 Å². The largest absolute Gasteiger partial charge is 0.333 e. The monoisotopic (exact) mass is 281 g/mol. The van der Waals surface area contributed by atoms with Gasteiger partial charge in [-0.25, -0.2) is 4.98 Å². The molecule has 16 heavy (non-hydrogen) atoms. The molecule has 0 aliphatic carbocycles. The lowest BCUT2D eigenvalue weighted by molar-refractivity contribution is 0.655. The van der Waals surface area contributed by atoms with Crippen LogP contribution < -0.4 is 5.56 Å². The third-order valence-corrected chi connectivity index (χ3v) is 3.05. The molecule has 0 atom stereocenters. The molecule has 0 N–H and O–H groups in total. The maximum absolute atomic E-state index is 11.8. The molecule has 0 saturated heterocycles. The van der Waals surface area contributed by atoms with Gasteiger partial charge in [-0.2, -0.15) is 0 Å². The van der Waals surface area contributed by atoms with Gasteiger partial charge in [0.15, 0.2) is 0 Å². The highest BCUT2D eigenvalue weighted by Crippen LogP contribution is 2.04. The predicted molar refractivity (Wildman–Crippen MR) is 65.4 cm³/mol. The molecule has 4 nitrogen and oxygen atoms in total. The molecular weight excluding hydrogens is 270 g/mol. The lowest BCUT2D eigenvalue weighted by Gasteiger charge is -2.07. The molecule has 2 heterocycles. The van der Waals surface area contributed by atoms with E-state index in [9.17, 15) is 4.79 Å². The zero-order valence-corrected chi connectivity index (χ0v) is 10.5. The van der Waals surface area contributed by atoms with Gasteiger partial charge in [-0.05, 0) is 35.0 Å². The summed E-state index contributed by atoms with van der Waals surface area (Å²) in [6.07, 6.45) is 5.34. The summed E-state index contributed by atoms with van der Waals surface area (Å²) in [5.74, 6) is 0. The summed E-state index contributed by atoms with van der Waals surface area (Å²) in [7, 11) is 0. The molecule has 0 radical (unpaired) electrons. The highest BCUT2D eigenvalue weighted by molar-refractivity contribution is 9.10. The van der Waals surface area contributed by atoms with Gasteiger partial charge in [-0.15, -0.1) is 0 Å². The zero-order chi connectivity index (χ0) is 11.5. The summed E-state index contributed by atoms with van der Waals surface area (Å²) in [5.41, 5.74) is 1.01. The van der Waals surface area contributed by atoms with Gasteiger partial charge in [-0.1, -0.05) is 0 Å². The van der Waals surface area contributed by atoms with Crippen LogP contribution in [0.2, 0.25) is 0 Å². The van der Waals surface area contributed by atoms with Crippen LogP contribution in [0, 0.1) is 0 Å². The van der Waals surface area contributed by atoms with Gasteiger partial charge in [-0.3, -0.25) is 4.79 Å². The number of hydrogen-bond donors (Lipinski definition) is 0. The minimum absolute atomic E-state index is 0.0219. The van der Waals surface area contributed by atoms with E-state index in [0.717, 1.165) is 12.2 Å². The minimum atomic E-state index is -0.0219. The van der Waals surface area contributed by atoms with E-state index in [2.05, 4.69) is 27.8 Å². The molecule has 0 unspecified atom stereocenters. The number of halogens is 1. The van der Waals surface area contributed by atoms with Crippen molar-refractivity contribution < 1.29 is 0 Å². The number of rotatable bonds is 3. The van der Waals surface area contributed by atoms with Crippen molar-refractivity contribution in [2.75, 3.05) is 0 Å². The molecule has 5 heteroatoms. The van der Waals surface area contributed by atoms with Crippen LogP contribution in [0.1, 0.15) is 12.6 Å². The van der Waals surface area contributed by atoms with Crippen LogP contribution in [0.4, 0.5) is 0 Å². The first-order chi connectivity index (χ1) is 7.72. The molecule has 2 aromatic rings. The minimum Gasteiger partial charge on any atom is -0.333 e. The molecule has 0 aromatic carbocycles. The van der Waals surface area contributed by atoms with Gasteiger partial charge >= 0.3 is 0 Å². The number of pyridine rings is 1. The van der Waals surface area contributed by atoms with E-state index in [1.54, 1.807) is 29.4 Å². The summed E-state index contributed by atoms with van der Waals surface area (Å²) in [5, 5.41) is 0. The van der Waals surface area contributed by atoms with E-state index < -0.39 is 0 Å². The van der Waals surface area contributed by atoms with Crippen LogP contribution in [0.25, 0.3) is 0 Å². The lowest BCUT2D eigenvalue weighted by atomic mass is 10.4. The van der Waals surface area contributed by atoms with E-state index in [1.807, 2.05) is 10.6 Å². The Kier molecular flexibility index (Phi) is 3.24. The molecule has 0 fully saturated rings. The van der Waals surface area contributed by atoms with Crippen molar-refractivity contribution in [1.82, 2.24) is 14.1 Å². The summed E-state index contributed by atoms with van der Waals surface area (Å²) in [4.78, 5) is 15.9. The van der Waals surface area contributed by atoms with Crippen LogP contribution >= 0.6 is 15.9 Å². The molecule has 0 spiro atoms. The van der Waals surface area contributed by atoms with E-state index in [1.165, 1.54) is 0 Å². The maximum atomic E-state index is 11.8. The standard InChI is InChI=1S/C11H12BrN3O/c1-2-14-8-13-6-9(14)7-15-5-3-4-10(12)11(15)16/h3-6,8H,2,7H2,1H3. The third-order valence-electron chi connectivity index (χ3n) is 2.45. The molecule has 84 valence electrons. The molecule has 2 aromatic heterocycles. The summed E-state index contributed by atoms with van der Waals surface area (Å²) in [6, 6.07) is 3.59. The van der Waals surface area contributed by atoms with Gasteiger partial charge in [0, 0.05) is 18.9 Å². The Hall–Kier alpha value is -1.36. The lowest BCUT2D eigenvalue weighted by Crippen LogP contribution is -2.21. The van der Waals surface area contributed by atoms with Gasteiger partial charge in [0.05, 0.1) is 23.0 Å². The zero-order valence-electron chi connectivity index (χ0n) is 8.93. The van der Waals surface area contributed by atoms with Crippen molar-refractivity contribution in [2.24, 2.45) is 0 Å². The molecule has 0 aliphatic heterocycles. The Morgan fingerprint density at radius 2 is 2.25 bits per heavy atom. The van der Waals surface area contributed by atoms with Crippen molar-refractivity contribution in [3.63, 3.8) is 0 Å². The Labute approximate surface area is 102 Å². The van der Waals surface area contributed by atoms with Crippen molar-refractivity contribution >= 4 is 15.9 Å². The molecule has 2 rings (SSSR count). The molecule has 0 aliphatic rings. The summed E-state index contributed by atoms with van der Waals surface area (Å²) >= 11 is 3.23. The second-order valence-corrected chi connectivity index (χ2v) is 4.31. The fraction of sp³-hybridized carbons (Fsp3) is 0.273. The van der Waals surface area contributed by atoms with Crippen molar-refractivity contribution in [1.29, 1.82) is 0 Å². The molecule has 0 amide bonds. The van der Waals surface area contributed by atoms with E-state index in [0.29, 0.717) is 11.0 Å². The SMILES string of the molecule is CCn1cncc1Cn1cccc(Br)c1=O. The highest BCUT2D eigenvalue weighted by Gasteiger charge is 2.04. The number of imidazole rings is 1. The molecule has 0 bridgehead atoms. The van der Waals surface area contributed by atoms with Crippen LogP contribution in [0.3, 0.4) is 0 Å². The van der Waals surface area contributed by atoms with Crippen molar-refractivity contribution in [3.05, 3.63) is 51.4 Å². The number of nitrogens with zero attached hydrogens (tertiary/aromatic N) is 3. The van der Waals surface area contributed by atoms with E-state index in [4.69, 9.17) is 0 Å². The van der Waals surface area contributed by atoms with Gasteiger partial charge in [0.25, 0.3) is 5.56 Å². The van der Waals surface area contributed by atoms with Crippen molar-refractivity contribution in [3.8, 4) is 0 Å².